The highest BCUT2D eigenvalue weighted by molar-refractivity contribution is 7.68. The highest BCUT2D eigenvalue weighted by Crippen LogP contribution is 2.59. The molecule has 25 heavy (non-hydrogen) atoms. The molecule has 2 aromatic rings. The van der Waals surface area contributed by atoms with Gasteiger partial charge >= 0.3 is 0 Å². The molecule has 0 aromatic heterocycles. The molecule has 0 saturated heterocycles. The average molecular weight is 359 g/mol. The van der Waals surface area contributed by atoms with Gasteiger partial charge in [0.15, 0.2) is 0 Å². The van der Waals surface area contributed by atoms with Gasteiger partial charge in [0.25, 0.3) is 7.37 Å². The highest BCUT2D eigenvalue weighted by Gasteiger charge is 2.47. The maximum absolute atomic E-state index is 14.1. The molecular weight excluding hydrogens is 333 g/mol. The van der Waals surface area contributed by atoms with Crippen molar-refractivity contribution in [3.63, 3.8) is 0 Å². The summed E-state index contributed by atoms with van der Waals surface area (Å²) in [5.74, 6) is 0.0265. The largest absolute Gasteiger partial charge is 0.438 e. The summed E-state index contributed by atoms with van der Waals surface area (Å²) < 4.78 is 20.3. The Morgan fingerprint density at radius 1 is 1.08 bits per heavy atom. The van der Waals surface area contributed by atoms with Crippen molar-refractivity contribution in [1.29, 1.82) is 0 Å². The van der Waals surface area contributed by atoms with Gasteiger partial charge in [0.05, 0.1) is 5.30 Å². The lowest BCUT2D eigenvalue weighted by atomic mass is 10.0. The molecule has 5 heteroatoms. The van der Waals surface area contributed by atoms with Crippen molar-refractivity contribution < 1.29 is 14.3 Å². The first kappa shape index (κ1) is 18.2. The molecule has 1 heterocycles. The smallest absolute Gasteiger partial charge is 0.297 e. The fourth-order valence-electron chi connectivity index (χ4n) is 3.50. The minimum absolute atomic E-state index is 0.0222. The van der Waals surface area contributed by atoms with E-state index in [0.717, 1.165) is 24.0 Å². The molecule has 0 amide bonds. The van der Waals surface area contributed by atoms with Crippen LogP contribution in [0.4, 0.5) is 0 Å². The Balaban J connectivity index is 2.12. The fraction of sp³-hybridized carbons (Fsp3) is 0.400. The summed E-state index contributed by atoms with van der Waals surface area (Å²) in [6, 6.07) is 15.4. The molecule has 1 aliphatic rings. The number of rotatable bonds is 6. The molecule has 3 rings (SSSR count). The van der Waals surface area contributed by atoms with Crippen molar-refractivity contribution in [2.24, 2.45) is 5.92 Å². The molecule has 0 radical (unpaired) electrons. The summed E-state index contributed by atoms with van der Waals surface area (Å²) in [6.45, 7) is 6.51. The zero-order valence-corrected chi connectivity index (χ0v) is 15.9. The first-order valence-corrected chi connectivity index (χ1v) is 10.6. The van der Waals surface area contributed by atoms with Crippen molar-refractivity contribution in [3.8, 4) is 16.9 Å². The number of para-hydroxylation sites is 1. The first-order valence-electron chi connectivity index (χ1n) is 8.93. The van der Waals surface area contributed by atoms with Crippen molar-refractivity contribution >= 4 is 12.7 Å². The molecule has 0 aliphatic carbocycles. The topological polar surface area (TPSA) is 49.8 Å². The van der Waals surface area contributed by atoms with Gasteiger partial charge in [-0.2, -0.15) is 5.06 Å². The number of hydrogen-bond donors (Lipinski definition) is 1. The standard InChI is InChI=1S/C20H26NO3P/c1-4-5-14-21(22)20(15(2)3)25(23)19-13-9-7-11-17(19)16-10-6-8-12-18(16)24-25/h6-13,15,20,22H,4-5,14H2,1-3H3. The van der Waals surface area contributed by atoms with Gasteiger partial charge in [-0.05, 0) is 30.0 Å². The van der Waals surface area contributed by atoms with Gasteiger partial charge in [-0.15, -0.1) is 0 Å². The molecule has 1 N–H and O–H groups in total. The molecule has 1 aliphatic heterocycles. The minimum atomic E-state index is -3.32. The molecule has 2 aromatic carbocycles. The predicted molar refractivity (Wildman–Crippen MR) is 102 cm³/mol. The first-order chi connectivity index (χ1) is 12.0. The summed E-state index contributed by atoms with van der Waals surface area (Å²) in [5.41, 5.74) is 1.88. The van der Waals surface area contributed by atoms with Crippen LogP contribution in [0.15, 0.2) is 48.5 Å². The SMILES string of the molecule is CCCCN(O)C(C(C)C)P1(=O)Oc2ccccc2-c2ccccc21. The lowest BCUT2D eigenvalue weighted by Crippen LogP contribution is -2.42. The van der Waals surface area contributed by atoms with E-state index >= 15 is 0 Å². The van der Waals surface area contributed by atoms with Crippen LogP contribution in [0.1, 0.15) is 33.6 Å². The van der Waals surface area contributed by atoms with E-state index in [9.17, 15) is 9.77 Å². The van der Waals surface area contributed by atoms with Crippen molar-refractivity contribution in [2.45, 2.75) is 39.4 Å². The lowest BCUT2D eigenvalue weighted by molar-refractivity contribution is -0.116. The summed E-state index contributed by atoms with van der Waals surface area (Å²) in [6.07, 6.45) is 1.81. The highest BCUT2D eigenvalue weighted by atomic mass is 31.2. The van der Waals surface area contributed by atoms with Crippen LogP contribution in [0.25, 0.3) is 11.1 Å². The third-order valence-corrected chi connectivity index (χ3v) is 7.73. The van der Waals surface area contributed by atoms with Crippen LogP contribution in [0.3, 0.4) is 0 Å². The Labute approximate surface area is 149 Å². The van der Waals surface area contributed by atoms with Crippen LogP contribution in [0.5, 0.6) is 5.75 Å². The zero-order valence-electron chi connectivity index (χ0n) is 15.1. The van der Waals surface area contributed by atoms with Crippen LogP contribution in [-0.4, -0.2) is 22.6 Å². The van der Waals surface area contributed by atoms with Gasteiger partial charge in [0, 0.05) is 12.1 Å². The van der Waals surface area contributed by atoms with Gasteiger partial charge in [-0.25, -0.2) is 0 Å². The summed E-state index contributed by atoms with van der Waals surface area (Å²) in [7, 11) is -3.32. The summed E-state index contributed by atoms with van der Waals surface area (Å²) >= 11 is 0. The van der Waals surface area contributed by atoms with Gasteiger partial charge in [0.1, 0.15) is 11.5 Å². The van der Waals surface area contributed by atoms with Crippen molar-refractivity contribution in [1.82, 2.24) is 5.06 Å². The van der Waals surface area contributed by atoms with Crippen LogP contribution < -0.4 is 9.83 Å². The second-order valence-corrected chi connectivity index (χ2v) is 9.26. The molecule has 2 unspecified atom stereocenters. The number of hydrogen-bond acceptors (Lipinski definition) is 4. The molecule has 0 spiro atoms. The van der Waals surface area contributed by atoms with Crippen LogP contribution in [-0.2, 0) is 4.57 Å². The third-order valence-electron chi connectivity index (χ3n) is 4.64. The zero-order chi connectivity index (χ0) is 18.0. The maximum atomic E-state index is 14.1. The van der Waals surface area contributed by atoms with Crippen LogP contribution in [0, 0.1) is 5.92 Å². The number of unbranched alkanes of at least 4 members (excludes halogenated alkanes) is 1. The van der Waals surface area contributed by atoms with Crippen molar-refractivity contribution in [3.05, 3.63) is 48.5 Å². The Bertz CT molecular complexity index is 790. The second-order valence-electron chi connectivity index (χ2n) is 6.88. The summed E-state index contributed by atoms with van der Waals surface area (Å²) in [4.78, 5) is 0. The number of hydroxylamine groups is 2. The van der Waals surface area contributed by atoms with Gasteiger partial charge in [-0.3, -0.25) is 4.57 Å². The average Bonchev–Trinajstić information content (AvgIpc) is 2.60. The number of fused-ring (bicyclic) bond motifs is 3. The molecule has 4 nitrogen and oxygen atoms in total. The Morgan fingerprint density at radius 3 is 2.40 bits per heavy atom. The van der Waals surface area contributed by atoms with Gasteiger partial charge in [0.2, 0.25) is 0 Å². The van der Waals surface area contributed by atoms with E-state index in [2.05, 4.69) is 6.92 Å². The Kier molecular flexibility index (Phi) is 5.33. The Morgan fingerprint density at radius 2 is 1.72 bits per heavy atom. The second kappa shape index (κ2) is 7.33. The summed E-state index contributed by atoms with van der Waals surface area (Å²) in [5, 5.41) is 12.6. The van der Waals surface area contributed by atoms with E-state index in [0.29, 0.717) is 17.6 Å². The van der Waals surface area contributed by atoms with Crippen LogP contribution in [0.2, 0.25) is 0 Å². The molecule has 0 bridgehead atoms. The molecule has 2 atom stereocenters. The molecular formula is C20H26NO3P. The number of nitrogens with zero attached hydrogens (tertiary/aromatic N) is 1. The van der Waals surface area contributed by atoms with E-state index in [4.69, 9.17) is 4.52 Å². The normalized spacial score (nSPS) is 20.1. The monoisotopic (exact) mass is 359 g/mol. The molecule has 134 valence electrons. The Hall–Kier alpha value is -1.61. The molecule has 0 saturated carbocycles. The van der Waals surface area contributed by atoms with E-state index in [1.807, 2.05) is 62.4 Å². The fourth-order valence-corrected chi connectivity index (χ4v) is 6.52. The van der Waals surface area contributed by atoms with E-state index in [1.165, 1.54) is 5.06 Å². The molecule has 0 fully saturated rings. The van der Waals surface area contributed by atoms with E-state index in [1.54, 1.807) is 0 Å². The van der Waals surface area contributed by atoms with Gasteiger partial charge in [-0.1, -0.05) is 63.6 Å². The minimum Gasteiger partial charge on any atom is -0.438 e. The van der Waals surface area contributed by atoms with Gasteiger partial charge < -0.3 is 9.73 Å². The van der Waals surface area contributed by atoms with Crippen LogP contribution >= 0.6 is 7.37 Å². The van der Waals surface area contributed by atoms with E-state index in [-0.39, 0.29) is 5.92 Å². The number of benzene rings is 2. The lowest BCUT2D eigenvalue weighted by Gasteiger charge is -2.38. The third kappa shape index (κ3) is 3.27. The van der Waals surface area contributed by atoms with E-state index < -0.39 is 13.2 Å². The predicted octanol–water partition coefficient (Wildman–Crippen LogP) is 5.12. The maximum Gasteiger partial charge on any atom is 0.297 e. The van der Waals surface area contributed by atoms with Crippen molar-refractivity contribution in [2.75, 3.05) is 6.54 Å². The quantitative estimate of drug-likeness (QED) is 0.574.